The van der Waals surface area contributed by atoms with Crippen molar-refractivity contribution < 1.29 is 13.9 Å². The van der Waals surface area contributed by atoms with E-state index in [4.69, 9.17) is 30.7 Å². The largest absolute Gasteiger partial charge is 0.467 e. The summed E-state index contributed by atoms with van der Waals surface area (Å²) < 4.78 is 10.6. The minimum Gasteiger partial charge on any atom is -0.467 e. The van der Waals surface area contributed by atoms with E-state index in [1.165, 1.54) is 0 Å². The second-order valence-electron chi connectivity index (χ2n) is 9.11. The lowest BCUT2D eigenvalue weighted by Gasteiger charge is -2.37. The van der Waals surface area contributed by atoms with Crippen LogP contribution in [-0.2, 0) is 23.6 Å². The molecule has 4 aromatic rings. The molecule has 202 valence electrons. The summed E-state index contributed by atoms with van der Waals surface area (Å²) in [6.07, 6.45) is 1.59. The van der Waals surface area contributed by atoms with Crippen LogP contribution in [0.4, 0.5) is 11.5 Å². The van der Waals surface area contributed by atoms with Crippen molar-refractivity contribution in [3.8, 4) is 0 Å². The third-order valence-electron chi connectivity index (χ3n) is 6.42. The first-order chi connectivity index (χ1) is 19.1. The summed E-state index contributed by atoms with van der Waals surface area (Å²) >= 11 is 7.98. The Bertz CT molecular complexity index is 1380. The van der Waals surface area contributed by atoms with E-state index in [2.05, 4.69) is 21.2 Å². The summed E-state index contributed by atoms with van der Waals surface area (Å²) in [5.74, 6) is 2.17. The Morgan fingerprint density at radius 2 is 1.79 bits per heavy atom. The van der Waals surface area contributed by atoms with Crippen molar-refractivity contribution in [1.82, 2.24) is 15.3 Å². The average molecular weight is 564 g/mol. The number of hydrogen-bond acceptors (Lipinski definition) is 8. The van der Waals surface area contributed by atoms with Crippen molar-refractivity contribution in [1.29, 1.82) is 0 Å². The molecule has 5 rings (SSSR count). The fraction of sp³-hybridized carbons (Fsp3) is 0.276. The number of piperazine rings is 1. The van der Waals surface area contributed by atoms with Crippen LogP contribution in [0.25, 0.3) is 0 Å². The molecule has 0 radical (unpaired) electrons. The predicted octanol–water partition coefficient (Wildman–Crippen LogP) is 5.42. The Kier molecular flexibility index (Phi) is 9.03. The molecule has 3 heterocycles. The molecule has 10 heteroatoms. The summed E-state index contributed by atoms with van der Waals surface area (Å²) in [5.41, 5.74) is 3.60. The average Bonchev–Trinajstić information content (AvgIpc) is 3.49. The van der Waals surface area contributed by atoms with E-state index < -0.39 is 0 Å². The number of ether oxygens (including phenoxy) is 1. The van der Waals surface area contributed by atoms with Gasteiger partial charge in [0.15, 0.2) is 5.16 Å². The fourth-order valence-electron chi connectivity index (χ4n) is 4.38. The summed E-state index contributed by atoms with van der Waals surface area (Å²) in [4.78, 5) is 26.6. The van der Waals surface area contributed by atoms with E-state index >= 15 is 0 Å². The van der Waals surface area contributed by atoms with Crippen LogP contribution >= 0.6 is 23.4 Å². The number of methoxy groups -OCH3 is 1. The van der Waals surface area contributed by atoms with Gasteiger partial charge in [-0.25, -0.2) is 9.97 Å². The highest BCUT2D eigenvalue weighted by atomic mass is 35.5. The number of nitrogens with one attached hydrogen (secondary N) is 1. The van der Waals surface area contributed by atoms with Crippen molar-refractivity contribution in [2.75, 3.05) is 43.1 Å². The molecule has 0 aliphatic carbocycles. The van der Waals surface area contributed by atoms with Crippen molar-refractivity contribution in [2.24, 2.45) is 0 Å². The normalized spacial score (nSPS) is 13.5. The molecule has 0 atom stereocenters. The number of furan rings is 1. The van der Waals surface area contributed by atoms with Gasteiger partial charge in [-0.1, -0.05) is 47.6 Å². The Balaban J connectivity index is 1.20. The molecule has 2 aromatic heterocycles. The first kappa shape index (κ1) is 27.1. The van der Waals surface area contributed by atoms with Crippen molar-refractivity contribution >= 4 is 40.8 Å². The summed E-state index contributed by atoms with van der Waals surface area (Å²) in [6.45, 7) is 4.17. The highest BCUT2D eigenvalue weighted by Crippen LogP contribution is 2.28. The Hall–Kier alpha value is -3.53. The zero-order valence-electron chi connectivity index (χ0n) is 21.7. The molecular weight excluding hydrogens is 534 g/mol. The zero-order chi connectivity index (χ0) is 27.0. The van der Waals surface area contributed by atoms with E-state index in [0.717, 1.165) is 54.0 Å². The molecule has 1 saturated heterocycles. The van der Waals surface area contributed by atoms with Gasteiger partial charge in [-0.2, -0.15) is 0 Å². The van der Waals surface area contributed by atoms with Gasteiger partial charge >= 0.3 is 0 Å². The molecule has 1 aliphatic rings. The molecule has 0 spiro atoms. The minimum atomic E-state index is -0.138. The number of benzene rings is 2. The number of carbonyl (C=O) groups excluding carboxylic acids is 1. The number of nitrogens with zero attached hydrogens (tertiary/aromatic N) is 4. The van der Waals surface area contributed by atoms with E-state index in [1.54, 1.807) is 31.2 Å². The number of aromatic nitrogens is 2. The van der Waals surface area contributed by atoms with Crippen LogP contribution in [0.3, 0.4) is 0 Å². The minimum absolute atomic E-state index is 0.138. The Morgan fingerprint density at radius 1 is 1.03 bits per heavy atom. The van der Waals surface area contributed by atoms with Crippen LogP contribution in [0.1, 0.15) is 27.4 Å². The zero-order valence-corrected chi connectivity index (χ0v) is 23.3. The lowest BCUT2D eigenvalue weighted by Crippen LogP contribution is -2.47. The van der Waals surface area contributed by atoms with Gasteiger partial charge in [0, 0.05) is 50.7 Å². The van der Waals surface area contributed by atoms with Gasteiger partial charge in [0.2, 0.25) is 0 Å². The molecule has 0 unspecified atom stereocenters. The lowest BCUT2D eigenvalue weighted by molar-refractivity contribution is 0.0948. The molecule has 0 bridgehead atoms. The standard InChI is InChI=1S/C29H30ClN5O3S/c1-37-19-23-17-27(35-14-12-34(13-15-35)26-7-3-2-6-25(26)30)33-29(32-23)39-20-21-8-10-22(11-9-21)28(36)31-18-24-5-4-16-38-24/h2-11,16-17H,12-15,18-20H2,1H3,(H,31,36). The Morgan fingerprint density at radius 3 is 2.51 bits per heavy atom. The second-order valence-corrected chi connectivity index (χ2v) is 10.5. The van der Waals surface area contributed by atoms with Gasteiger partial charge in [-0.05, 0) is 42.0 Å². The van der Waals surface area contributed by atoms with Crippen LogP contribution in [0.15, 0.2) is 82.6 Å². The number of halogens is 1. The molecule has 2 aromatic carbocycles. The maximum absolute atomic E-state index is 12.4. The number of rotatable bonds is 10. The van der Waals surface area contributed by atoms with Crippen LogP contribution in [0.5, 0.6) is 0 Å². The van der Waals surface area contributed by atoms with E-state index in [-0.39, 0.29) is 5.91 Å². The number of carbonyl (C=O) groups is 1. The number of anilines is 2. The fourth-order valence-corrected chi connectivity index (χ4v) is 5.46. The van der Waals surface area contributed by atoms with Gasteiger partial charge in [-0.15, -0.1) is 0 Å². The number of thioether (sulfide) groups is 1. The van der Waals surface area contributed by atoms with Crippen LogP contribution in [-0.4, -0.2) is 49.2 Å². The molecule has 8 nitrogen and oxygen atoms in total. The molecule has 1 N–H and O–H groups in total. The van der Waals surface area contributed by atoms with Crippen molar-refractivity contribution in [3.63, 3.8) is 0 Å². The number of amides is 1. The van der Waals surface area contributed by atoms with Gasteiger partial charge in [0.05, 0.1) is 35.8 Å². The topological polar surface area (TPSA) is 83.7 Å². The second kappa shape index (κ2) is 13.0. The van der Waals surface area contributed by atoms with Crippen LogP contribution < -0.4 is 15.1 Å². The summed E-state index contributed by atoms with van der Waals surface area (Å²) in [6, 6.07) is 21.2. The monoisotopic (exact) mass is 563 g/mol. The quantitative estimate of drug-likeness (QED) is 0.202. The molecule has 1 fully saturated rings. The predicted molar refractivity (Wildman–Crippen MR) is 155 cm³/mol. The van der Waals surface area contributed by atoms with Gasteiger partial charge < -0.3 is 24.3 Å². The molecule has 0 saturated carbocycles. The smallest absolute Gasteiger partial charge is 0.251 e. The third-order valence-corrected chi connectivity index (χ3v) is 7.66. The van der Waals surface area contributed by atoms with E-state index in [1.807, 2.05) is 54.6 Å². The number of para-hydroxylation sites is 1. The van der Waals surface area contributed by atoms with E-state index in [9.17, 15) is 4.79 Å². The van der Waals surface area contributed by atoms with Gasteiger partial charge in [0.1, 0.15) is 11.6 Å². The van der Waals surface area contributed by atoms with Crippen molar-refractivity contribution in [2.45, 2.75) is 24.1 Å². The van der Waals surface area contributed by atoms with Crippen molar-refractivity contribution in [3.05, 3.63) is 101 Å². The molecule has 1 aliphatic heterocycles. The highest BCUT2D eigenvalue weighted by molar-refractivity contribution is 7.98. The lowest BCUT2D eigenvalue weighted by atomic mass is 10.1. The third kappa shape index (κ3) is 7.11. The van der Waals surface area contributed by atoms with Gasteiger partial charge in [0.25, 0.3) is 5.91 Å². The maximum Gasteiger partial charge on any atom is 0.251 e. The summed E-state index contributed by atoms with van der Waals surface area (Å²) in [7, 11) is 1.67. The molecule has 39 heavy (non-hydrogen) atoms. The highest BCUT2D eigenvalue weighted by Gasteiger charge is 2.21. The van der Waals surface area contributed by atoms with E-state index in [0.29, 0.717) is 35.4 Å². The first-order valence-electron chi connectivity index (χ1n) is 12.7. The maximum atomic E-state index is 12.4. The Labute approximate surface area is 237 Å². The van der Waals surface area contributed by atoms with Crippen LogP contribution in [0, 0.1) is 0 Å². The molecular formula is C29H30ClN5O3S. The number of hydrogen-bond donors (Lipinski definition) is 1. The summed E-state index contributed by atoms with van der Waals surface area (Å²) in [5, 5.41) is 4.34. The molecule has 1 amide bonds. The van der Waals surface area contributed by atoms with Gasteiger partial charge in [-0.3, -0.25) is 4.79 Å². The SMILES string of the molecule is COCc1cc(N2CCN(c3ccccc3Cl)CC2)nc(SCc2ccc(C(=O)NCc3ccco3)cc2)n1. The first-order valence-corrected chi connectivity index (χ1v) is 14.1. The van der Waals surface area contributed by atoms with Crippen LogP contribution in [0.2, 0.25) is 5.02 Å².